The quantitative estimate of drug-likeness (QED) is 0.463. The van der Waals surface area contributed by atoms with E-state index >= 15 is 0 Å². The number of imide groups is 2. The van der Waals surface area contributed by atoms with Crippen LogP contribution in [0.4, 0.5) is 4.79 Å². The Kier molecular flexibility index (Phi) is 6.48. The largest absolute Gasteiger partial charge is 0.493 e. The number of nitrogens with zero attached hydrogens (tertiary/aromatic N) is 2. The molecule has 0 bridgehead atoms. The number of carbonyl (C=O) groups is 3. The summed E-state index contributed by atoms with van der Waals surface area (Å²) in [5, 5.41) is 0.639. The fourth-order valence-corrected chi connectivity index (χ4v) is 3.54. The molecule has 1 aliphatic heterocycles. The first-order valence-electron chi connectivity index (χ1n) is 8.79. The summed E-state index contributed by atoms with van der Waals surface area (Å²) in [6.07, 6.45) is 1.42. The second-order valence-electron chi connectivity index (χ2n) is 6.52. The Morgan fingerprint density at radius 2 is 1.63 bits per heavy atom. The van der Waals surface area contributed by atoms with E-state index in [1.807, 2.05) is 12.1 Å². The van der Waals surface area contributed by atoms with Crippen LogP contribution in [0.25, 0.3) is 6.08 Å². The van der Waals surface area contributed by atoms with Crippen molar-refractivity contribution in [2.45, 2.75) is 6.61 Å². The number of halogens is 2. The minimum absolute atomic E-state index is 0.122. The Labute approximate surface area is 186 Å². The lowest BCUT2D eigenvalue weighted by molar-refractivity contribution is -0.134. The molecule has 156 valence electrons. The normalized spacial score (nSPS) is 14.3. The zero-order valence-corrected chi connectivity index (χ0v) is 18.8. The summed E-state index contributed by atoms with van der Waals surface area (Å²) < 4.78 is 11.9. The van der Waals surface area contributed by atoms with Gasteiger partial charge >= 0.3 is 6.03 Å². The van der Waals surface area contributed by atoms with Crippen molar-refractivity contribution in [2.75, 3.05) is 21.2 Å². The van der Waals surface area contributed by atoms with Crippen LogP contribution in [-0.4, -0.2) is 48.9 Å². The van der Waals surface area contributed by atoms with Crippen molar-refractivity contribution in [3.05, 3.63) is 62.6 Å². The first-order chi connectivity index (χ1) is 14.2. The number of barbiturate groups is 1. The summed E-state index contributed by atoms with van der Waals surface area (Å²) in [5.41, 5.74) is 1.34. The van der Waals surface area contributed by atoms with Gasteiger partial charge in [0, 0.05) is 19.1 Å². The molecule has 0 saturated carbocycles. The van der Waals surface area contributed by atoms with Gasteiger partial charge < -0.3 is 9.47 Å². The third-order valence-electron chi connectivity index (χ3n) is 4.50. The van der Waals surface area contributed by atoms with Crippen LogP contribution in [0.2, 0.25) is 5.02 Å². The lowest BCUT2D eigenvalue weighted by Crippen LogP contribution is -2.52. The van der Waals surface area contributed by atoms with Gasteiger partial charge in [0.2, 0.25) is 0 Å². The predicted molar refractivity (Wildman–Crippen MR) is 115 cm³/mol. The van der Waals surface area contributed by atoms with Gasteiger partial charge in [-0.05, 0) is 57.4 Å². The Hall–Kier alpha value is -2.84. The van der Waals surface area contributed by atoms with Crippen LogP contribution in [0.1, 0.15) is 11.1 Å². The number of likely N-dealkylation sites (N-methyl/N-ethyl adjacent to an activating group) is 2. The SMILES string of the molecule is COc1cc(C=C2C(=O)N(C)C(=O)N(C)C2=O)cc(Br)c1OCc1ccc(Cl)cc1. The number of carbonyl (C=O) groups excluding carboxylic acids is 3. The van der Waals surface area contributed by atoms with Crippen molar-refractivity contribution in [3.8, 4) is 11.5 Å². The smallest absolute Gasteiger partial charge is 0.333 e. The number of amides is 4. The van der Waals surface area contributed by atoms with E-state index in [9.17, 15) is 14.4 Å². The number of benzene rings is 2. The van der Waals surface area contributed by atoms with Crippen LogP contribution in [0.5, 0.6) is 11.5 Å². The first kappa shape index (κ1) is 21.9. The lowest BCUT2D eigenvalue weighted by Gasteiger charge is -2.28. The number of rotatable bonds is 5. The summed E-state index contributed by atoms with van der Waals surface area (Å²) in [6.45, 7) is 0.293. The van der Waals surface area contributed by atoms with Gasteiger partial charge in [-0.2, -0.15) is 0 Å². The molecule has 0 atom stereocenters. The minimum Gasteiger partial charge on any atom is -0.493 e. The highest BCUT2D eigenvalue weighted by molar-refractivity contribution is 9.10. The van der Waals surface area contributed by atoms with E-state index in [-0.39, 0.29) is 5.57 Å². The summed E-state index contributed by atoms with van der Waals surface area (Å²) in [5.74, 6) is -0.443. The average molecular weight is 494 g/mol. The number of hydrogen-bond acceptors (Lipinski definition) is 5. The Balaban J connectivity index is 1.90. The predicted octanol–water partition coefficient (Wildman–Crippen LogP) is 4.12. The molecule has 7 nitrogen and oxygen atoms in total. The molecule has 0 aliphatic carbocycles. The molecule has 0 unspecified atom stereocenters. The Bertz CT molecular complexity index is 1030. The molecule has 3 rings (SSSR count). The molecule has 2 aromatic carbocycles. The van der Waals surface area contributed by atoms with Gasteiger partial charge in [0.05, 0.1) is 11.6 Å². The van der Waals surface area contributed by atoms with E-state index in [1.54, 1.807) is 24.3 Å². The van der Waals surface area contributed by atoms with E-state index in [0.717, 1.165) is 15.4 Å². The van der Waals surface area contributed by atoms with Crippen molar-refractivity contribution >= 4 is 51.5 Å². The van der Waals surface area contributed by atoms with Gasteiger partial charge in [-0.3, -0.25) is 19.4 Å². The molecule has 0 N–H and O–H groups in total. The number of ether oxygens (including phenoxy) is 2. The van der Waals surface area contributed by atoms with Gasteiger partial charge in [0.15, 0.2) is 11.5 Å². The molecule has 30 heavy (non-hydrogen) atoms. The molecule has 0 radical (unpaired) electrons. The van der Waals surface area contributed by atoms with Crippen LogP contribution in [-0.2, 0) is 16.2 Å². The van der Waals surface area contributed by atoms with E-state index in [0.29, 0.717) is 33.2 Å². The molecular formula is C21H18BrClN2O5. The standard InChI is InChI=1S/C21H18BrClN2O5/c1-24-19(26)15(20(27)25(2)21(24)28)8-13-9-16(22)18(17(10-13)29-3)30-11-12-4-6-14(23)7-5-12/h4-10H,11H2,1-3H3. The second-order valence-corrected chi connectivity index (χ2v) is 7.81. The van der Waals surface area contributed by atoms with Gasteiger partial charge in [0.1, 0.15) is 12.2 Å². The molecule has 2 aromatic rings. The van der Waals surface area contributed by atoms with Gasteiger partial charge in [-0.1, -0.05) is 23.7 Å². The summed E-state index contributed by atoms with van der Waals surface area (Å²) in [4.78, 5) is 38.5. The van der Waals surface area contributed by atoms with Crippen molar-refractivity contribution in [1.29, 1.82) is 0 Å². The van der Waals surface area contributed by atoms with Crippen LogP contribution in [0, 0.1) is 0 Å². The zero-order chi connectivity index (χ0) is 22.0. The average Bonchev–Trinajstić information content (AvgIpc) is 2.74. The van der Waals surface area contributed by atoms with Crippen LogP contribution in [0.3, 0.4) is 0 Å². The van der Waals surface area contributed by atoms with Crippen molar-refractivity contribution < 1.29 is 23.9 Å². The molecule has 1 saturated heterocycles. The summed E-state index contributed by atoms with van der Waals surface area (Å²) >= 11 is 9.35. The molecule has 0 aromatic heterocycles. The van der Waals surface area contributed by atoms with Crippen molar-refractivity contribution in [2.24, 2.45) is 0 Å². The van der Waals surface area contributed by atoms with Crippen molar-refractivity contribution in [1.82, 2.24) is 9.80 Å². The summed E-state index contributed by atoms with van der Waals surface area (Å²) in [6, 6.07) is 9.94. The molecule has 0 spiro atoms. The molecule has 1 fully saturated rings. The topological polar surface area (TPSA) is 76.2 Å². The lowest BCUT2D eigenvalue weighted by atomic mass is 10.1. The third kappa shape index (κ3) is 4.34. The second kappa shape index (κ2) is 8.89. The first-order valence-corrected chi connectivity index (χ1v) is 9.96. The highest BCUT2D eigenvalue weighted by Gasteiger charge is 2.37. The van der Waals surface area contributed by atoms with Crippen molar-refractivity contribution in [3.63, 3.8) is 0 Å². The van der Waals surface area contributed by atoms with Crippen LogP contribution in [0.15, 0.2) is 46.4 Å². The molecule has 1 heterocycles. The summed E-state index contributed by atoms with van der Waals surface area (Å²) in [7, 11) is 4.14. The maximum Gasteiger partial charge on any atom is 0.333 e. The number of urea groups is 1. The van der Waals surface area contributed by atoms with Gasteiger partial charge in [-0.25, -0.2) is 4.79 Å². The number of hydrogen-bond donors (Lipinski definition) is 0. The zero-order valence-electron chi connectivity index (χ0n) is 16.4. The fourth-order valence-electron chi connectivity index (χ4n) is 2.84. The minimum atomic E-state index is -0.674. The Morgan fingerprint density at radius 1 is 1.03 bits per heavy atom. The maximum atomic E-state index is 12.4. The van der Waals surface area contributed by atoms with Crippen LogP contribution >= 0.6 is 27.5 Å². The molecule has 1 aliphatic rings. The maximum absolute atomic E-state index is 12.4. The fraction of sp³-hybridized carbons (Fsp3) is 0.190. The van der Waals surface area contributed by atoms with Gasteiger partial charge in [0.25, 0.3) is 11.8 Å². The molecule has 9 heteroatoms. The highest BCUT2D eigenvalue weighted by atomic mass is 79.9. The molecular weight excluding hydrogens is 476 g/mol. The van der Waals surface area contributed by atoms with E-state index < -0.39 is 17.8 Å². The Morgan fingerprint density at radius 3 is 2.20 bits per heavy atom. The van der Waals surface area contributed by atoms with E-state index in [4.69, 9.17) is 21.1 Å². The highest BCUT2D eigenvalue weighted by Crippen LogP contribution is 2.38. The van der Waals surface area contributed by atoms with Crippen LogP contribution < -0.4 is 9.47 Å². The van der Waals surface area contributed by atoms with E-state index in [1.165, 1.54) is 27.3 Å². The van der Waals surface area contributed by atoms with E-state index in [2.05, 4.69) is 15.9 Å². The molecule has 4 amide bonds. The number of methoxy groups -OCH3 is 1. The van der Waals surface area contributed by atoms with Gasteiger partial charge in [-0.15, -0.1) is 0 Å². The monoisotopic (exact) mass is 492 g/mol. The third-order valence-corrected chi connectivity index (χ3v) is 5.34.